The van der Waals surface area contributed by atoms with Crippen LogP contribution in [0, 0.1) is 6.92 Å². The van der Waals surface area contributed by atoms with E-state index < -0.39 is 0 Å². The summed E-state index contributed by atoms with van der Waals surface area (Å²) in [5.74, 6) is 0. The van der Waals surface area contributed by atoms with Crippen molar-refractivity contribution in [1.82, 2.24) is 5.32 Å². The topological polar surface area (TPSA) is 12.0 Å². The number of benzene rings is 1. The van der Waals surface area contributed by atoms with Crippen LogP contribution in [0.4, 0.5) is 0 Å². The summed E-state index contributed by atoms with van der Waals surface area (Å²) in [7, 11) is 2.00. The van der Waals surface area contributed by atoms with Crippen LogP contribution in [0.2, 0.25) is 0 Å². The Bertz CT molecular complexity index is 461. The molecule has 1 aromatic heterocycles. The zero-order valence-corrected chi connectivity index (χ0v) is 11.7. The zero-order valence-electron chi connectivity index (χ0n) is 9.33. The van der Waals surface area contributed by atoms with Crippen LogP contribution < -0.4 is 5.32 Å². The molecule has 0 aliphatic carbocycles. The fraction of sp³-hybridized carbons (Fsp3) is 0.231. The number of halogens is 1. The van der Waals surface area contributed by atoms with Gasteiger partial charge in [0.1, 0.15) is 0 Å². The van der Waals surface area contributed by atoms with Gasteiger partial charge in [0, 0.05) is 0 Å². The molecule has 1 aromatic carbocycles. The average Bonchev–Trinajstić information content (AvgIpc) is 2.69. The largest absolute Gasteiger partial charge is 0.309 e. The van der Waals surface area contributed by atoms with E-state index in [-0.39, 0.29) is 6.04 Å². The van der Waals surface area contributed by atoms with Crippen LogP contribution in [-0.2, 0) is 0 Å². The van der Waals surface area contributed by atoms with E-state index in [1.165, 1.54) is 20.5 Å². The van der Waals surface area contributed by atoms with Gasteiger partial charge in [0.2, 0.25) is 0 Å². The number of aryl methyl sites for hydroxylation is 1. The molecule has 0 amide bonds. The van der Waals surface area contributed by atoms with Crippen LogP contribution in [0.15, 0.2) is 39.5 Å². The van der Waals surface area contributed by atoms with Gasteiger partial charge in [-0.15, -0.1) is 11.3 Å². The minimum Gasteiger partial charge on any atom is -0.309 e. The third kappa shape index (κ3) is 2.54. The Labute approximate surface area is 109 Å². The summed E-state index contributed by atoms with van der Waals surface area (Å²) < 4.78 is 1.18. The van der Waals surface area contributed by atoms with Gasteiger partial charge in [-0.05, 0) is 52.5 Å². The van der Waals surface area contributed by atoms with Gasteiger partial charge in [-0.3, -0.25) is 0 Å². The van der Waals surface area contributed by atoms with Crippen molar-refractivity contribution in [3.05, 3.63) is 56.2 Å². The van der Waals surface area contributed by atoms with E-state index in [2.05, 4.69) is 63.9 Å². The molecule has 0 saturated heterocycles. The molecule has 2 aromatic rings. The van der Waals surface area contributed by atoms with Gasteiger partial charge in [0.05, 0.1) is 9.83 Å². The summed E-state index contributed by atoms with van der Waals surface area (Å²) in [5, 5.41) is 5.54. The number of nitrogens with one attached hydrogen (secondary N) is 1. The molecule has 1 unspecified atom stereocenters. The van der Waals surface area contributed by atoms with Crippen LogP contribution >= 0.6 is 27.3 Å². The molecule has 0 radical (unpaired) electrons. The molecule has 0 saturated carbocycles. The molecule has 16 heavy (non-hydrogen) atoms. The highest BCUT2D eigenvalue weighted by Gasteiger charge is 2.12. The van der Waals surface area contributed by atoms with E-state index in [0.717, 1.165) is 0 Å². The number of rotatable bonds is 3. The molecule has 3 heteroatoms. The summed E-state index contributed by atoms with van der Waals surface area (Å²) in [4.78, 5) is 0. The second kappa shape index (κ2) is 5.13. The molecular weight excluding hydrogens is 282 g/mol. The Morgan fingerprint density at radius 2 is 1.88 bits per heavy atom. The van der Waals surface area contributed by atoms with Crippen molar-refractivity contribution in [2.75, 3.05) is 7.05 Å². The van der Waals surface area contributed by atoms with Crippen LogP contribution in [0.25, 0.3) is 0 Å². The van der Waals surface area contributed by atoms with Gasteiger partial charge in [0.15, 0.2) is 0 Å². The Morgan fingerprint density at radius 1 is 1.19 bits per heavy atom. The maximum Gasteiger partial charge on any atom is 0.0701 e. The van der Waals surface area contributed by atoms with Crippen molar-refractivity contribution in [2.45, 2.75) is 13.0 Å². The minimum absolute atomic E-state index is 0.281. The van der Waals surface area contributed by atoms with E-state index in [9.17, 15) is 0 Å². The van der Waals surface area contributed by atoms with E-state index >= 15 is 0 Å². The predicted octanol–water partition coefficient (Wildman–Crippen LogP) is 4.13. The van der Waals surface area contributed by atoms with E-state index in [1.54, 1.807) is 11.3 Å². The van der Waals surface area contributed by atoms with Crippen LogP contribution in [0.5, 0.6) is 0 Å². The third-order valence-corrected chi connectivity index (χ3v) is 4.14. The van der Waals surface area contributed by atoms with Gasteiger partial charge < -0.3 is 5.32 Å². The van der Waals surface area contributed by atoms with Crippen molar-refractivity contribution in [3.63, 3.8) is 0 Å². The monoisotopic (exact) mass is 295 g/mol. The third-order valence-electron chi connectivity index (χ3n) is 2.62. The van der Waals surface area contributed by atoms with Crippen molar-refractivity contribution >= 4 is 27.3 Å². The van der Waals surface area contributed by atoms with Crippen molar-refractivity contribution < 1.29 is 0 Å². The summed E-state index contributed by atoms with van der Waals surface area (Å²) in [5.41, 5.74) is 3.91. The molecule has 1 nitrogen and oxygen atoms in total. The van der Waals surface area contributed by atoms with E-state index in [0.29, 0.717) is 0 Å². The summed E-state index contributed by atoms with van der Waals surface area (Å²) >= 11 is 5.23. The number of thiophene rings is 1. The second-order valence-corrected chi connectivity index (χ2v) is 6.11. The quantitative estimate of drug-likeness (QED) is 0.898. The molecule has 0 aliphatic heterocycles. The van der Waals surface area contributed by atoms with Gasteiger partial charge in [-0.25, -0.2) is 0 Å². The molecule has 0 fully saturated rings. The molecule has 0 aliphatic rings. The highest BCUT2D eigenvalue weighted by atomic mass is 79.9. The lowest BCUT2D eigenvalue weighted by molar-refractivity contribution is 0.694. The molecule has 84 valence electrons. The molecule has 1 N–H and O–H groups in total. The first-order chi connectivity index (χ1) is 7.70. The van der Waals surface area contributed by atoms with Gasteiger partial charge in [0.25, 0.3) is 0 Å². The standard InChI is InChI=1S/C13H14BrNS/c1-9-3-5-10(6-4-9)13(15-2)11-7-12(14)16-8-11/h3-8,13,15H,1-2H3. The smallest absolute Gasteiger partial charge is 0.0701 e. The Hall–Kier alpha value is -0.640. The Morgan fingerprint density at radius 3 is 2.38 bits per heavy atom. The molecular formula is C13H14BrNS. The number of hydrogen-bond donors (Lipinski definition) is 1. The Kier molecular flexibility index (Phi) is 3.79. The highest BCUT2D eigenvalue weighted by molar-refractivity contribution is 9.11. The zero-order chi connectivity index (χ0) is 11.5. The summed E-state index contributed by atoms with van der Waals surface area (Å²) in [6.07, 6.45) is 0. The highest BCUT2D eigenvalue weighted by Crippen LogP contribution is 2.29. The average molecular weight is 296 g/mol. The SMILES string of the molecule is CNC(c1ccc(C)cc1)c1csc(Br)c1. The fourth-order valence-corrected chi connectivity index (χ4v) is 2.96. The first-order valence-electron chi connectivity index (χ1n) is 5.18. The van der Waals surface area contributed by atoms with Crippen LogP contribution in [0.1, 0.15) is 22.7 Å². The predicted molar refractivity (Wildman–Crippen MR) is 74.1 cm³/mol. The fourth-order valence-electron chi connectivity index (χ4n) is 1.76. The lowest BCUT2D eigenvalue weighted by Gasteiger charge is -2.15. The van der Waals surface area contributed by atoms with Crippen LogP contribution in [0.3, 0.4) is 0 Å². The summed E-state index contributed by atoms with van der Waals surface area (Å²) in [6, 6.07) is 11.1. The minimum atomic E-state index is 0.281. The maximum absolute atomic E-state index is 3.50. The van der Waals surface area contributed by atoms with E-state index in [1.807, 2.05) is 7.05 Å². The summed E-state index contributed by atoms with van der Waals surface area (Å²) in [6.45, 7) is 2.11. The van der Waals surface area contributed by atoms with E-state index in [4.69, 9.17) is 0 Å². The Balaban J connectivity index is 2.32. The first-order valence-corrected chi connectivity index (χ1v) is 6.85. The van der Waals surface area contributed by atoms with Gasteiger partial charge in [-0.1, -0.05) is 29.8 Å². The molecule has 0 spiro atoms. The van der Waals surface area contributed by atoms with Gasteiger partial charge >= 0.3 is 0 Å². The normalized spacial score (nSPS) is 12.7. The van der Waals surface area contributed by atoms with Gasteiger partial charge in [-0.2, -0.15) is 0 Å². The molecule has 2 rings (SSSR count). The lowest BCUT2D eigenvalue weighted by Crippen LogP contribution is -2.16. The van der Waals surface area contributed by atoms with Crippen LogP contribution in [-0.4, -0.2) is 7.05 Å². The maximum atomic E-state index is 3.50. The molecule has 1 heterocycles. The number of hydrogen-bond acceptors (Lipinski definition) is 2. The second-order valence-electron chi connectivity index (χ2n) is 3.82. The first kappa shape index (κ1) is 11.8. The van der Waals surface area contributed by atoms with Crippen molar-refractivity contribution in [2.24, 2.45) is 0 Å². The van der Waals surface area contributed by atoms with Crippen molar-refractivity contribution in [3.8, 4) is 0 Å². The van der Waals surface area contributed by atoms with Crippen molar-refractivity contribution in [1.29, 1.82) is 0 Å². The lowest BCUT2D eigenvalue weighted by atomic mass is 10.0. The molecule has 0 bridgehead atoms. The molecule has 1 atom stereocenters.